The number of nitrogens with zero attached hydrogens (tertiary/aromatic N) is 4. The summed E-state index contributed by atoms with van der Waals surface area (Å²) in [4.78, 5) is 13.1. The lowest BCUT2D eigenvalue weighted by Gasteiger charge is -2.06. The van der Waals surface area contributed by atoms with Crippen LogP contribution in [0.25, 0.3) is 11.2 Å². The summed E-state index contributed by atoms with van der Waals surface area (Å²) in [6, 6.07) is 5.98. The lowest BCUT2D eigenvalue weighted by molar-refractivity contribution is 0.767. The predicted octanol–water partition coefficient (Wildman–Crippen LogP) is 2.92. The number of halogens is 1. The molecule has 0 aromatic carbocycles. The van der Waals surface area contributed by atoms with Crippen LogP contribution >= 0.6 is 11.6 Å². The van der Waals surface area contributed by atoms with Crippen molar-refractivity contribution in [3.63, 3.8) is 0 Å². The largest absolute Gasteiger partial charge is 0.307 e. The second-order valence-corrected chi connectivity index (χ2v) is 4.73. The van der Waals surface area contributed by atoms with Gasteiger partial charge in [0.05, 0.1) is 12.4 Å². The summed E-state index contributed by atoms with van der Waals surface area (Å²) >= 11 is 5.98. The van der Waals surface area contributed by atoms with Gasteiger partial charge in [-0.1, -0.05) is 6.07 Å². The summed E-state index contributed by atoms with van der Waals surface area (Å²) < 4.78 is 2.04. The van der Waals surface area contributed by atoms with Gasteiger partial charge in [-0.15, -0.1) is 11.6 Å². The van der Waals surface area contributed by atoms with E-state index in [1.165, 1.54) is 0 Å². The molecular weight excluding hydrogens is 260 g/mol. The highest BCUT2D eigenvalue weighted by Gasteiger charge is 2.11. The molecule has 0 spiro atoms. The van der Waals surface area contributed by atoms with E-state index in [1.807, 2.05) is 42.1 Å². The van der Waals surface area contributed by atoms with Crippen molar-refractivity contribution < 1.29 is 0 Å². The van der Waals surface area contributed by atoms with E-state index in [1.54, 1.807) is 6.20 Å². The van der Waals surface area contributed by atoms with E-state index in [2.05, 4.69) is 15.0 Å². The van der Waals surface area contributed by atoms with Gasteiger partial charge >= 0.3 is 0 Å². The van der Waals surface area contributed by atoms with Crippen LogP contribution in [-0.2, 0) is 12.4 Å². The molecule has 0 atom stereocenters. The number of pyridine rings is 2. The summed E-state index contributed by atoms with van der Waals surface area (Å²) in [6.45, 7) is 2.69. The maximum absolute atomic E-state index is 5.98. The molecule has 3 aromatic rings. The highest BCUT2D eigenvalue weighted by Crippen LogP contribution is 2.18. The van der Waals surface area contributed by atoms with Crippen molar-refractivity contribution in [1.82, 2.24) is 19.5 Å². The Hall–Kier alpha value is -1.94. The summed E-state index contributed by atoms with van der Waals surface area (Å²) in [5.41, 5.74) is 3.96. The Balaban J connectivity index is 2.11. The third-order valence-corrected chi connectivity index (χ3v) is 3.22. The molecule has 0 aliphatic heterocycles. The van der Waals surface area contributed by atoms with Crippen molar-refractivity contribution in [3.05, 3.63) is 53.7 Å². The molecule has 3 heterocycles. The number of aryl methyl sites for hydroxylation is 1. The molecule has 0 aliphatic rings. The van der Waals surface area contributed by atoms with Crippen molar-refractivity contribution >= 4 is 22.8 Å². The summed E-state index contributed by atoms with van der Waals surface area (Å²) in [6.07, 6.45) is 5.46. The second-order valence-electron chi connectivity index (χ2n) is 4.46. The van der Waals surface area contributed by atoms with Gasteiger partial charge in [0, 0.05) is 18.6 Å². The van der Waals surface area contributed by atoms with E-state index in [0.717, 1.165) is 28.1 Å². The van der Waals surface area contributed by atoms with Crippen molar-refractivity contribution in [2.45, 2.75) is 19.3 Å². The zero-order valence-electron chi connectivity index (χ0n) is 10.5. The van der Waals surface area contributed by atoms with E-state index >= 15 is 0 Å². The smallest absolute Gasteiger partial charge is 0.160 e. The molecule has 3 aromatic heterocycles. The average Bonchev–Trinajstić information content (AvgIpc) is 2.77. The zero-order valence-corrected chi connectivity index (χ0v) is 11.3. The molecule has 0 amide bonds. The lowest BCUT2D eigenvalue weighted by Crippen LogP contribution is -2.04. The van der Waals surface area contributed by atoms with Gasteiger partial charge in [0.25, 0.3) is 0 Å². The van der Waals surface area contributed by atoms with Gasteiger partial charge in [0.1, 0.15) is 11.3 Å². The van der Waals surface area contributed by atoms with E-state index in [-0.39, 0.29) is 0 Å². The molecule has 4 nitrogen and oxygen atoms in total. The number of rotatable bonds is 3. The minimum absolute atomic E-state index is 0.371. The van der Waals surface area contributed by atoms with Crippen LogP contribution in [0.15, 0.2) is 36.8 Å². The van der Waals surface area contributed by atoms with Crippen LogP contribution in [0.4, 0.5) is 0 Å². The van der Waals surface area contributed by atoms with Gasteiger partial charge < -0.3 is 4.57 Å². The third-order valence-electron chi connectivity index (χ3n) is 2.98. The minimum atomic E-state index is 0.371. The Morgan fingerprint density at radius 2 is 2.21 bits per heavy atom. The minimum Gasteiger partial charge on any atom is -0.307 e. The number of imidazole rings is 1. The van der Waals surface area contributed by atoms with Crippen molar-refractivity contribution in [2.24, 2.45) is 0 Å². The highest BCUT2D eigenvalue weighted by molar-refractivity contribution is 6.16. The topological polar surface area (TPSA) is 43.6 Å². The Morgan fingerprint density at radius 3 is 2.95 bits per heavy atom. The molecule has 0 saturated carbocycles. The quantitative estimate of drug-likeness (QED) is 0.689. The van der Waals surface area contributed by atoms with Crippen LogP contribution in [0.3, 0.4) is 0 Å². The first-order valence-corrected chi connectivity index (χ1v) is 6.58. The monoisotopic (exact) mass is 272 g/mol. The molecular formula is C14H13ClN4. The van der Waals surface area contributed by atoms with Crippen molar-refractivity contribution in [3.8, 4) is 0 Å². The third kappa shape index (κ3) is 2.31. The first-order valence-electron chi connectivity index (χ1n) is 6.04. The zero-order chi connectivity index (χ0) is 13.2. The molecule has 3 rings (SSSR count). The SMILES string of the molecule is Cc1cnc2c(c1)nc(CCl)n2Cc1cccnc1. The number of fused-ring (bicyclic) bond motifs is 1. The Bertz CT molecular complexity index is 706. The molecule has 19 heavy (non-hydrogen) atoms. The van der Waals surface area contributed by atoms with Gasteiger partial charge in [-0.2, -0.15) is 0 Å². The molecule has 96 valence electrons. The lowest BCUT2D eigenvalue weighted by atomic mass is 10.3. The van der Waals surface area contributed by atoms with E-state index in [4.69, 9.17) is 11.6 Å². The predicted molar refractivity (Wildman–Crippen MR) is 75.2 cm³/mol. The summed E-state index contributed by atoms with van der Waals surface area (Å²) in [5.74, 6) is 1.20. The molecule has 0 saturated heterocycles. The average molecular weight is 273 g/mol. The van der Waals surface area contributed by atoms with Crippen LogP contribution in [0.1, 0.15) is 17.0 Å². The van der Waals surface area contributed by atoms with Gasteiger partial charge in [-0.05, 0) is 30.2 Å². The van der Waals surface area contributed by atoms with Crippen molar-refractivity contribution in [2.75, 3.05) is 0 Å². The highest BCUT2D eigenvalue weighted by atomic mass is 35.5. The molecule has 0 radical (unpaired) electrons. The fourth-order valence-electron chi connectivity index (χ4n) is 2.10. The molecule has 0 fully saturated rings. The summed E-state index contributed by atoms with van der Waals surface area (Å²) in [5, 5.41) is 0. The molecule has 0 bridgehead atoms. The Morgan fingerprint density at radius 1 is 1.32 bits per heavy atom. The van der Waals surface area contributed by atoms with Gasteiger partial charge in [0.15, 0.2) is 5.65 Å². The van der Waals surface area contributed by atoms with Crippen LogP contribution < -0.4 is 0 Å². The standard InChI is InChI=1S/C14H13ClN4/c1-10-5-12-14(17-7-10)19(13(6-15)18-12)9-11-3-2-4-16-8-11/h2-5,7-8H,6,9H2,1H3. The number of alkyl halides is 1. The first-order chi connectivity index (χ1) is 9.28. The first kappa shape index (κ1) is 12.1. The number of hydrogen-bond acceptors (Lipinski definition) is 3. The Kier molecular flexibility index (Phi) is 3.17. The van der Waals surface area contributed by atoms with E-state index < -0.39 is 0 Å². The number of hydrogen-bond donors (Lipinski definition) is 0. The van der Waals surface area contributed by atoms with Crippen LogP contribution in [0, 0.1) is 6.92 Å². The summed E-state index contributed by atoms with van der Waals surface area (Å²) in [7, 11) is 0. The molecule has 0 aliphatic carbocycles. The maximum atomic E-state index is 5.98. The maximum Gasteiger partial charge on any atom is 0.160 e. The van der Waals surface area contributed by atoms with E-state index in [0.29, 0.717) is 12.4 Å². The van der Waals surface area contributed by atoms with Gasteiger partial charge in [-0.25, -0.2) is 9.97 Å². The van der Waals surface area contributed by atoms with Crippen LogP contribution in [0.2, 0.25) is 0 Å². The van der Waals surface area contributed by atoms with Crippen LogP contribution in [0.5, 0.6) is 0 Å². The molecule has 0 unspecified atom stereocenters. The van der Waals surface area contributed by atoms with Gasteiger partial charge in [0.2, 0.25) is 0 Å². The molecule has 5 heteroatoms. The van der Waals surface area contributed by atoms with E-state index in [9.17, 15) is 0 Å². The van der Waals surface area contributed by atoms with Crippen molar-refractivity contribution in [1.29, 1.82) is 0 Å². The second kappa shape index (κ2) is 4.97. The molecule has 0 N–H and O–H groups in total. The normalized spacial score (nSPS) is 11.1. The Labute approximate surface area is 116 Å². The van der Waals surface area contributed by atoms with Crippen LogP contribution in [-0.4, -0.2) is 19.5 Å². The fourth-order valence-corrected chi connectivity index (χ4v) is 2.30. The number of aromatic nitrogens is 4. The fraction of sp³-hybridized carbons (Fsp3) is 0.214. The van der Waals surface area contributed by atoms with Gasteiger partial charge in [-0.3, -0.25) is 4.98 Å².